The van der Waals surface area contributed by atoms with E-state index in [4.69, 9.17) is 21.1 Å². The molecular formula is C21H20ClN3O7. The minimum Gasteiger partial charge on any atom is -0.471 e. The summed E-state index contributed by atoms with van der Waals surface area (Å²) < 4.78 is 10.4. The Kier molecular flexibility index (Phi) is 5.72. The van der Waals surface area contributed by atoms with E-state index in [1.54, 1.807) is 6.92 Å². The molecule has 3 aliphatic rings. The Labute approximate surface area is 187 Å². The van der Waals surface area contributed by atoms with Crippen molar-refractivity contribution in [2.75, 3.05) is 6.61 Å². The van der Waals surface area contributed by atoms with Crippen molar-refractivity contribution in [1.82, 2.24) is 5.01 Å². The average Bonchev–Trinajstić information content (AvgIpc) is 3.42. The van der Waals surface area contributed by atoms with E-state index < -0.39 is 46.3 Å². The highest BCUT2D eigenvalue weighted by Crippen LogP contribution is 2.52. The molecule has 1 saturated heterocycles. The molecule has 32 heavy (non-hydrogen) atoms. The lowest BCUT2D eigenvalue weighted by atomic mass is 9.85. The number of hydrogen-bond donors (Lipinski definition) is 0. The number of fused-ring (bicyclic) bond motifs is 5. The summed E-state index contributed by atoms with van der Waals surface area (Å²) in [6, 6.07) is 2.41. The maximum atomic E-state index is 12.8. The summed E-state index contributed by atoms with van der Waals surface area (Å²) in [5.74, 6) is -2.58. The van der Waals surface area contributed by atoms with Crippen LogP contribution in [0.25, 0.3) is 0 Å². The number of halogens is 1. The van der Waals surface area contributed by atoms with Crippen LogP contribution in [0.2, 0.25) is 5.02 Å². The van der Waals surface area contributed by atoms with Crippen LogP contribution in [0.3, 0.4) is 0 Å². The molecule has 10 nitrogen and oxygen atoms in total. The Morgan fingerprint density at radius 3 is 2.50 bits per heavy atom. The quantitative estimate of drug-likeness (QED) is 0.152. The van der Waals surface area contributed by atoms with Crippen molar-refractivity contribution >= 4 is 41.3 Å². The van der Waals surface area contributed by atoms with E-state index in [2.05, 4.69) is 5.10 Å². The number of esters is 1. The molecule has 0 radical (unpaired) electrons. The highest BCUT2D eigenvalue weighted by molar-refractivity contribution is 6.31. The Balaban J connectivity index is 1.65. The van der Waals surface area contributed by atoms with Gasteiger partial charge in [-0.05, 0) is 38.2 Å². The van der Waals surface area contributed by atoms with Crippen molar-refractivity contribution in [1.29, 1.82) is 0 Å². The number of rotatable bonds is 7. The van der Waals surface area contributed by atoms with Gasteiger partial charge in [-0.15, -0.1) is 0 Å². The van der Waals surface area contributed by atoms with Crippen LogP contribution in [0.1, 0.15) is 25.8 Å². The molecule has 0 spiro atoms. The van der Waals surface area contributed by atoms with Gasteiger partial charge in [-0.25, -0.2) is 4.79 Å². The minimum absolute atomic E-state index is 0.0208. The SMILES string of the molecule is CCOC(=O)C(C)Oc1c(C=NN2C(=O)C3C4C=CC(C4)C3C2=O)cc(Cl)cc1[N+](=O)[O-]. The number of hydrazone groups is 1. The number of ether oxygens (including phenoxy) is 2. The van der Waals surface area contributed by atoms with Gasteiger partial charge in [-0.3, -0.25) is 19.7 Å². The lowest BCUT2D eigenvalue weighted by Crippen LogP contribution is -2.28. The molecule has 1 aromatic carbocycles. The largest absolute Gasteiger partial charge is 0.471 e. The molecule has 4 rings (SSSR count). The van der Waals surface area contributed by atoms with Gasteiger partial charge in [-0.1, -0.05) is 23.8 Å². The third kappa shape index (κ3) is 3.64. The van der Waals surface area contributed by atoms with Crippen molar-refractivity contribution in [2.24, 2.45) is 28.8 Å². The van der Waals surface area contributed by atoms with Crippen LogP contribution in [0, 0.1) is 33.8 Å². The molecule has 2 fully saturated rings. The molecule has 2 aliphatic carbocycles. The number of hydrogen-bond acceptors (Lipinski definition) is 8. The number of benzene rings is 1. The fourth-order valence-electron chi connectivity index (χ4n) is 4.56. The standard InChI is InChI=1S/C21H20ClN3O7/c1-3-31-21(28)10(2)32-18-13(7-14(22)8-15(18)25(29)30)9-23-24-19(26)16-11-4-5-12(6-11)17(16)20(24)27/h4-5,7-12,16-17H,3,6H2,1-2H3. The van der Waals surface area contributed by atoms with Crippen LogP contribution in [0.15, 0.2) is 29.4 Å². The number of allylic oxidation sites excluding steroid dienone is 2. The number of nitro groups is 1. The summed E-state index contributed by atoms with van der Waals surface area (Å²) in [5.41, 5.74) is -0.451. The molecule has 11 heteroatoms. The predicted octanol–water partition coefficient (Wildman–Crippen LogP) is 2.72. The fraction of sp³-hybridized carbons (Fsp3) is 0.429. The second-order valence-electron chi connectivity index (χ2n) is 7.85. The summed E-state index contributed by atoms with van der Waals surface area (Å²) in [5, 5.41) is 16.4. The smallest absolute Gasteiger partial charge is 0.347 e. The predicted molar refractivity (Wildman–Crippen MR) is 112 cm³/mol. The van der Waals surface area contributed by atoms with E-state index >= 15 is 0 Å². The van der Waals surface area contributed by atoms with E-state index in [-0.39, 0.29) is 34.8 Å². The third-order valence-corrected chi connectivity index (χ3v) is 6.15. The molecule has 168 valence electrons. The van der Waals surface area contributed by atoms with Crippen molar-refractivity contribution < 1.29 is 28.8 Å². The molecule has 5 atom stereocenters. The Hall–Kier alpha value is -3.27. The van der Waals surface area contributed by atoms with Gasteiger partial charge in [-0.2, -0.15) is 10.1 Å². The second-order valence-corrected chi connectivity index (χ2v) is 8.28. The van der Waals surface area contributed by atoms with Crippen molar-refractivity contribution in [3.05, 3.63) is 45.0 Å². The minimum atomic E-state index is -1.15. The zero-order valence-corrected chi connectivity index (χ0v) is 18.0. The van der Waals surface area contributed by atoms with Gasteiger partial charge in [0.1, 0.15) is 0 Å². The Bertz CT molecular complexity index is 1040. The van der Waals surface area contributed by atoms with Crippen molar-refractivity contribution in [3.8, 4) is 5.75 Å². The van der Waals surface area contributed by atoms with E-state index in [0.717, 1.165) is 23.7 Å². The van der Waals surface area contributed by atoms with Crippen LogP contribution in [-0.2, 0) is 19.1 Å². The highest BCUT2D eigenvalue weighted by Gasteiger charge is 2.59. The maximum absolute atomic E-state index is 12.8. The van der Waals surface area contributed by atoms with Gasteiger partial charge in [0.15, 0.2) is 6.10 Å². The van der Waals surface area contributed by atoms with Gasteiger partial charge in [0.05, 0.1) is 29.6 Å². The van der Waals surface area contributed by atoms with Crippen LogP contribution in [-0.4, -0.2) is 46.6 Å². The maximum Gasteiger partial charge on any atom is 0.347 e. The summed E-state index contributed by atoms with van der Waals surface area (Å²) in [6.07, 6.45) is 4.67. The summed E-state index contributed by atoms with van der Waals surface area (Å²) in [6.45, 7) is 3.12. The van der Waals surface area contributed by atoms with Gasteiger partial charge in [0.25, 0.3) is 11.8 Å². The molecule has 2 bridgehead atoms. The summed E-state index contributed by atoms with van der Waals surface area (Å²) in [4.78, 5) is 48.4. The van der Waals surface area contributed by atoms with Crippen LogP contribution >= 0.6 is 11.6 Å². The van der Waals surface area contributed by atoms with Gasteiger partial charge >= 0.3 is 11.7 Å². The topological polar surface area (TPSA) is 128 Å². The molecule has 1 aromatic rings. The molecule has 1 saturated carbocycles. The first-order valence-corrected chi connectivity index (χ1v) is 10.5. The molecule has 2 amide bonds. The average molecular weight is 462 g/mol. The Morgan fingerprint density at radius 1 is 1.31 bits per heavy atom. The third-order valence-electron chi connectivity index (χ3n) is 5.93. The normalized spacial score (nSPS) is 26.7. The first-order chi connectivity index (χ1) is 15.2. The highest BCUT2D eigenvalue weighted by atomic mass is 35.5. The number of carbonyl (C=O) groups excluding carboxylic acids is 3. The second kappa shape index (κ2) is 8.34. The van der Waals surface area contributed by atoms with Crippen LogP contribution in [0.4, 0.5) is 5.69 Å². The van der Waals surface area contributed by atoms with Gasteiger partial charge < -0.3 is 9.47 Å². The first kappa shape index (κ1) is 21.9. The monoisotopic (exact) mass is 461 g/mol. The molecule has 1 heterocycles. The molecule has 0 N–H and O–H groups in total. The van der Waals surface area contributed by atoms with E-state index in [9.17, 15) is 24.5 Å². The first-order valence-electron chi connectivity index (χ1n) is 10.1. The Morgan fingerprint density at radius 2 is 1.94 bits per heavy atom. The zero-order valence-electron chi connectivity index (χ0n) is 17.3. The number of imide groups is 1. The molecule has 5 unspecified atom stereocenters. The van der Waals surface area contributed by atoms with E-state index in [1.165, 1.54) is 13.0 Å². The summed E-state index contributed by atoms with van der Waals surface area (Å²) in [7, 11) is 0. The number of carbonyl (C=O) groups is 3. The van der Waals surface area contributed by atoms with Crippen molar-refractivity contribution in [3.63, 3.8) is 0 Å². The zero-order chi connectivity index (χ0) is 23.2. The van der Waals surface area contributed by atoms with Crippen molar-refractivity contribution in [2.45, 2.75) is 26.4 Å². The van der Waals surface area contributed by atoms with E-state index in [1.807, 2.05) is 12.2 Å². The fourth-order valence-corrected chi connectivity index (χ4v) is 4.79. The number of nitrogens with zero attached hydrogens (tertiary/aromatic N) is 3. The lowest BCUT2D eigenvalue weighted by Gasteiger charge is -2.16. The lowest BCUT2D eigenvalue weighted by molar-refractivity contribution is -0.386. The van der Waals surface area contributed by atoms with E-state index in [0.29, 0.717) is 0 Å². The molecule has 1 aliphatic heterocycles. The summed E-state index contributed by atoms with van der Waals surface area (Å²) >= 11 is 6.02. The van der Waals surface area contributed by atoms with Crippen LogP contribution in [0.5, 0.6) is 5.75 Å². The van der Waals surface area contributed by atoms with Gasteiger partial charge in [0.2, 0.25) is 5.75 Å². The number of nitro benzene ring substituents is 1. The molecule has 0 aromatic heterocycles. The van der Waals surface area contributed by atoms with Crippen LogP contribution < -0.4 is 4.74 Å². The molecular weight excluding hydrogens is 442 g/mol. The van der Waals surface area contributed by atoms with Gasteiger partial charge in [0, 0.05) is 16.7 Å². The number of amides is 2.